The molecule has 0 aliphatic heterocycles. The molecule has 0 aromatic rings. The fourth-order valence-corrected chi connectivity index (χ4v) is 1.36. The maximum atomic E-state index is 5.06. The van der Waals surface area contributed by atoms with Gasteiger partial charge < -0.3 is 0 Å². The number of hydrogen-bond acceptors (Lipinski definition) is 1. The number of thiocarbonyl (C=S) groups is 1. The van der Waals surface area contributed by atoms with E-state index in [4.69, 9.17) is 12.2 Å². The third-order valence-corrected chi connectivity index (χ3v) is 2.31. The molecular weight excluding hydrogens is 128 g/mol. The molecule has 1 aliphatic carbocycles. The van der Waals surface area contributed by atoms with Crippen molar-refractivity contribution in [1.82, 2.24) is 0 Å². The Hall–Kier alpha value is -0.170. The van der Waals surface area contributed by atoms with E-state index in [1.54, 1.807) is 0 Å². The first-order chi connectivity index (χ1) is 4.20. The molecule has 1 unspecified atom stereocenters. The minimum atomic E-state index is 0.761. The molecule has 1 heteroatoms. The quantitative estimate of drug-likeness (QED) is 0.466. The van der Waals surface area contributed by atoms with Crippen molar-refractivity contribution in [3.05, 3.63) is 11.6 Å². The summed E-state index contributed by atoms with van der Waals surface area (Å²) in [6.07, 6.45) is 4.51. The Morgan fingerprint density at radius 1 is 1.67 bits per heavy atom. The fraction of sp³-hybridized carbons (Fsp3) is 0.625. The third kappa shape index (κ3) is 1.62. The van der Waals surface area contributed by atoms with Crippen molar-refractivity contribution >= 4 is 17.1 Å². The predicted molar refractivity (Wildman–Crippen MR) is 44.8 cm³/mol. The van der Waals surface area contributed by atoms with Gasteiger partial charge in [0.25, 0.3) is 0 Å². The molecule has 1 rings (SSSR count). The van der Waals surface area contributed by atoms with Crippen molar-refractivity contribution in [2.24, 2.45) is 5.92 Å². The van der Waals surface area contributed by atoms with Crippen molar-refractivity contribution in [3.63, 3.8) is 0 Å². The molecule has 0 saturated heterocycles. The van der Waals surface area contributed by atoms with Crippen molar-refractivity contribution in [2.75, 3.05) is 0 Å². The van der Waals surface area contributed by atoms with Crippen LogP contribution in [0.2, 0.25) is 0 Å². The average Bonchev–Trinajstić information content (AvgIpc) is 1.80. The molecule has 1 aliphatic rings. The zero-order valence-electron chi connectivity index (χ0n) is 5.98. The molecule has 0 nitrogen and oxygen atoms in total. The predicted octanol–water partition coefficient (Wildman–Crippen LogP) is 2.73. The van der Waals surface area contributed by atoms with Crippen LogP contribution in [-0.4, -0.2) is 4.86 Å². The van der Waals surface area contributed by atoms with E-state index in [1.807, 2.05) is 0 Å². The Morgan fingerprint density at radius 2 is 2.33 bits per heavy atom. The monoisotopic (exact) mass is 140 g/mol. The van der Waals surface area contributed by atoms with E-state index in [0.29, 0.717) is 0 Å². The first-order valence-electron chi connectivity index (χ1n) is 3.41. The zero-order valence-corrected chi connectivity index (χ0v) is 6.79. The highest BCUT2D eigenvalue weighted by Crippen LogP contribution is 2.21. The van der Waals surface area contributed by atoms with Crippen LogP contribution in [0, 0.1) is 5.92 Å². The van der Waals surface area contributed by atoms with E-state index in [9.17, 15) is 0 Å². The van der Waals surface area contributed by atoms with Gasteiger partial charge in [-0.25, -0.2) is 0 Å². The lowest BCUT2D eigenvalue weighted by Gasteiger charge is -2.16. The van der Waals surface area contributed by atoms with Gasteiger partial charge in [0.2, 0.25) is 0 Å². The second-order valence-corrected chi connectivity index (χ2v) is 3.32. The molecule has 0 heterocycles. The maximum absolute atomic E-state index is 5.06. The highest BCUT2D eigenvalue weighted by molar-refractivity contribution is 7.80. The molecular formula is C8H12S. The molecule has 50 valence electrons. The standard InChI is InChI=1S/C8H12S/c1-6-3-4-8(9)5-7(6)2/h5-6H,3-4H2,1-2H3. The molecule has 9 heavy (non-hydrogen) atoms. The summed E-state index contributed by atoms with van der Waals surface area (Å²) in [7, 11) is 0. The van der Waals surface area contributed by atoms with Gasteiger partial charge >= 0.3 is 0 Å². The van der Waals surface area contributed by atoms with E-state index >= 15 is 0 Å². The summed E-state index contributed by atoms with van der Waals surface area (Å²) in [4.78, 5) is 1.13. The number of rotatable bonds is 0. The molecule has 0 N–H and O–H groups in total. The maximum Gasteiger partial charge on any atom is 0.0152 e. The smallest absolute Gasteiger partial charge is 0.0152 e. The fourth-order valence-electron chi connectivity index (χ4n) is 1.05. The van der Waals surface area contributed by atoms with Gasteiger partial charge in [0.05, 0.1) is 0 Å². The highest BCUT2D eigenvalue weighted by atomic mass is 32.1. The van der Waals surface area contributed by atoms with Crippen LogP contribution in [0.1, 0.15) is 26.7 Å². The third-order valence-electron chi connectivity index (χ3n) is 1.99. The summed E-state index contributed by atoms with van der Waals surface area (Å²) in [5.74, 6) is 0.761. The summed E-state index contributed by atoms with van der Waals surface area (Å²) < 4.78 is 0. The molecule has 0 fully saturated rings. The summed E-state index contributed by atoms with van der Waals surface area (Å²) in [6, 6.07) is 0. The van der Waals surface area contributed by atoms with E-state index in [2.05, 4.69) is 19.9 Å². The lowest BCUT2D eigenvalue weighted by Crippen LogP contribution is -2.07. The Kier molecular flexibility index (Phi) is 2.01. The van der Waals surface area contributed by atoms with Gasteiger partial charge in [0, 0.05) is 4.86 Å². The van der Waals surface area contributed by atoms with E-state index in [1.165, 1.54) is 12.0 Å². The van der Waals surface area contributed by atoms with E-state index in [-0.39, 0.29) is 0 Å². The van der Waals surface area contributed by atoms with Gasteiger partial charge in [-0.3, -0.25) is 0 Å². The SMILES string of the molecule is CC1=CC(=S)CCC1C. The van der Waals surface area contributed by atoms with Crippen LogP contribution in [0.15, 0.2) is 11.6 Å². The Bertz CT molecular complexity index is 156. The van der Waals surface area contributed by atoms with Crippen LogP contribution in [-0.2, 0) is 0 Å². The molecule has 0 spiro atoms. The van der Waals surface area contributed by atoms with E-state index in [0.717, 1.165) is 17.2 Å². The van der Waals surface area contributed by atoms with Crippen LogP contribution in [0.5, 0.6) is 0 Å². The van der Waals surface area contributed by atoms with Crippen LogP contribution >= 0.6 is 12.2 Å². The van der Waals surface area contributed by atoms with Gasteiger partial charge in [-0.1, -0.05) is 24.7 Å². The van der Waals surface area contributed by atoms with Crippen LogP contribution in [0.4, 0.5) is 0 Å². The highest BCUT2D eigenvalue weighted by Gasteiger charge is 2.10. The first-order valence-corrected chi connectivity index (χ1v) is 3.82. The molecule has 0 aromatic carbocycles. The van der Waals surface area contributed by atoms with E-state index < -0.39 is 0 Å². The van der Waals surface area contributed by atoms with Crippen molar-refractivity contribution < 1.29 is 0 Å². The summed E-state index contributed by atoms with van der Waals surface area (Å²) in [6.45, 7) is 4.42. The lowest BCUT2D eigenvalue weighted by atomic mass is 9.90. The van der Waals surface area contributed by atoms with Crippen LogP contribution in [0.3, 0.4) is 0 Å². The summed E-state index contributed by atoms with van der Waals surface area (Å²) >= 11 is 5.06. The number of allylic oxidation sites excluding steroid dienone is 2. The van der Waals surface area contributed by atoms with Crippen LogP contribution < -0.4 is 0 Å². The van der Waals surface area contributed by atoms with Crippen molar-refractivity contribution in [2.45, 2.75) is 26.7 Å². The van der Waals surface area contributed by atoms with Gasteiger partial charge in [-0.05, 0) is 31.8 Å². The summed E-state index contributed by atoms with van der Waals surface area (Å²) in [5.41, 5.74) is 1.45. The van der Waals surface area contributed by atoms with Gasteiger partial charge in [-0.15, -0.1) is 0 Å². The Morgan fingerprint density at radius 3 is 2.78 bits per heavy atom. The molecule has 0 aromatic heterocycles. The Labute approximate surface area is 62.0 Å². The second-order valence-electron chi connectivity index (χ2n) is 2.79. The topological polar surface area (TPSA) is 0 Å². The normalized spacial score (nSPS) is 28.0. The molecule has 0 bridgehead atoms. The number of hydrogen-bond donors (Lipinski definition) is 0. The average molecular weight is 140 g/mol. The van der Waals surface area contributed by atoms with Crippen molar-refractivity contribution in [3.8, 4) is 0 Å². The lowest BCUT2D eigenvalue weighted by molar-refractivity contribution is 0.623. The summed E-state index contributed by atoms with van der Waals surface area (Å²) in [5, 5.41) is 0. The minimum Gasteiger partial charge on any atom is -0.0849 e. The Balaban J connectivity index is 2.72. The van der Waals surface area contributed by atoms with Crippen molar-refractivity contribution in [1.29, 1.82) is 0 Å². The molecule has 0 amide bonds. The minimum absolute atomic E-state index is 0.761. The molecule has 0 saturated carbocycles. The second kappa shape index (κ2) is 2.61. The van der Waals surface area contributed by atoms with Gasteiger partial charge in [0.1, 0.15) is 0 Å². The van der Waals surface area contributed by atoms with Gasteiger partial charge in [-0.2, -0.15) is 0 Å². The first kappa shape index (κ1) is 6.94. The zero-order chi connectivity index (χ0) is 6.85. The van der Waals surface area contributed by atoms with Gasteiger partial charge in [0.15, 0.2) is 0 Å². The largest absolute Gasteiger partial charge is 0.0849 e. The molecule has 0 radical (unpaired) electrons. The molecule has 1 atom stereocenters. The van der Waals surface area contributed by atoms with Crippen LogP contribution in [0.25, 0.3) is 0 Å².